The molecule has 1 N–H and O–H groups in total. The summed E-state index contributed by atoms with van der Waals surface area (Å²) in [5.74, 6) is 0.247. The third-order valence-electron chi connectivity index (χ3n) is 3.23. The summed E-state index contributed by atoms with van der Waals surface area (Å²) in [5.41, 5.74) is 1.10. The van der Waals surface area contributed by atoms with E-state index >= 15 is 0 Å². The van der Waals surface area contributed by atoms with E-state index in [9.17, 15) is 4.79 Å². The number of hydrogen-bond donors (Lipinski definition) is 1. The summed E-state index contributed by atoms with van der Waals surface area (Å²) in [6.07, 6.45) is 1.61. The van der Waals surface area contributed by atoms with Gasteiger partial charge in [0.15, 0.2) is 0 Å². The lowest BCUT2D eigenvalue weighted by atomic mass is 10.1. The van der Waals surface area contributed by atoms with Gasteiger partial charge in [-0.1, -0.05) is 37.3 Å². The molecule has 1 aliphatic rings. The van der Waals surface area contributed by atoms with Crippen molar-refractivity contribution in [2.45, 2.75) is 25.8 Å². The van der Waals surface area contributed by atoms with Crippen molar-refractivity contribution in [1.82, 2.24) is 10.2 Å². The molecular formula is C14H20N2O. The number of nitrogens with zero attached hydrogens (tertiary/aromatic N) is 1. The molecule has 0 saturated carbocycles. The van der Waals surface area contributed by atoms with Crippen molar-refractivity contribution in [3.8, 4) is 0 Å². The topological polar surface area (TPSA) is 32.3 Å². The molecule has 1 amide bonds. The number of benzene rings is 1. The molecule has 1 saturated heterocycles. The Hall–Kier alpha value is -1.35. The second-order valence-electron chi connectivity index (χ2n) is 4.55. The molecule has 1 aromatic carbocycles. The maximum absolute atomic E-state index is 12.1. The van der Waals surface area contributed by atoms with E-state index in [1.807, 2.05) is 35.2 Å². The van der Waals surface area contributed by atoms with Crippen LogP contribution in [0.5, 0.6) is 0 Å². The Morgan fingerprint density at radius 2 is 2.18 bits per heavy atom. The van der Waals surface area contributed by atoms with Gasteiger partial charge in [0.25, 0.3) is 0 Å². The van der Waals surface area contributed by atoms with Crippen LogP contribution in [-0.2, 0) is 11.2 Å². The first-order valence-corrected chi connectivity index (χ1v) is 6.34. The molecule has 0 aromatic heterocycles. The molecule has 3 nitrogen and oxygen atoms in total. The van der Waals surface area contributed by atoms with E-state index in [-0.39, 0.29) is 5.91 Å². The highest BCUT2D eigenvalue weighted by atomic mass is 16.2. The molecule has 2 rings (SSSR count). The monoisotopic (exact) mass is 232 g/mol. The highest BCUT2D eigenvalue weighted by molar-refractivity contribution is 5.79. The average molecular weight is 232 g/mol. The van der Waals surface area contributed by atoms with Crippen molar-refractivity contribution in [2.24, 2.45) is 0 Å². The summed E-state index contributed by atoms with van der Waals surface area (Å²) in [6, 6.07) is 10.4. The first kappa shape index (κ1) is 12.1. The third-order valence-corrected chi connectivity index (χ3v) is 3.23. The number of likely N-dealkylation sites (tertiary alicyclic amines) is 1. The number of hydrogen-bond acceptors (Lipinski definition) is 2. The normalized spacial score (nSPS) is 19.6. The summed E-state index contributed by atoms with van der Waals surface area (Å²) >= 11 is 0. The number of likely N-dealkylation sites (N-methyl/N-ethyl adjacent to an activating group) is 1. The molecule has 0 radical (unpaired) electrons. The summed E-state index contributed by atoms with van der Waals surface area (Å²) in [6.45, 7) is 4.84. The van der Waals surface area contributed by atoms with Crippen molar-refractivity contribution in [3.63, 3.8) is 0 Å². The Bertz CT molecular complexity index is 364. The zero-order chi connectivity index (χ0) is 12.1. The number of rotatable bonds is 4. The van der Waals surface area contributed by atoms with Crippen LogP contribution in [0, 0.1) is 0 Å². The van der Waals surface area contributed by atoms with Crippen LogP contribution in [0.25, 0.3) is 0 Å². The molecule has 92 valence electrons. The Balaban J connectivity index is 1.85. The lowest BCUT2D eigenvalue weighted by molar-refractivity contribution is -0.129. The van der Waals surface area contributed by atoms with Gasteiger partial charge in [-0.25, -0.2) is 0 Å². The Kier molecular flexibility index (Phi) is 4.15. The van der Waals surface area contributed by atoms with E-state index in [2.05, 4.69) is 12.2 Å². The zero-order valence-electron chi connectivity index (χ0n) is 10.4. The fourth-order valence-corrected chi connectivity index (χ4v) is 2.32. The number of nitrogens with one attached hydrogen (secondary N) is 1. The molecule has 1 heterocycles. The highest BCUT2D eigenvalue weighted by Gasteiger charge is 2.25. The molecule has 17 heavy (non-hydrogen) atoms. The zero-order valence-corrected chi connectivity index (χ0v) is 10.4. The Morgan fingerprint density at radius 1 is 1.41 bits per heavy atom. The Morgan fingerprint density at radius 3 is 2.88 bits per heavy atom. The van der Waals surface area contributed by atoms with Gasteiger partial charge in [0, 0.05) is 19.1 Å². The van der Waals surface area contributed by atoms with E-state index < -0.39 is 0 Å². The summed E-state index contributed by atoms with van der Waals surface area (Å²) < 4.78 is 0. The van der Waals surface area contributed by atoms with Crippen molar-refractivity contribution < 1.29 is 4.79 Å². The maximum Gasteiger partial charge on any atom is 0.227 e. The summed E-state index contributed by atoms with van der Waals surface area (Å²) in [7, 11) is 0. The number of amides is 1. The van der Waals surface area contributed by atoms with E-state index in [1.54, 1.807) is 0 Å². The predicted octanol–water partition coefficient (Wildman–Crippen LogP) is 1.44. The summed E-state index contributed by atoms with van der Waals surface area (Å²) in [5, 5.41) is 3.40. The largest absolute Gasteiger partial charge is 0.341 e. The van der Waals surface area contributed by atoms with E-state index in [0.717, 1.165) is 31.6 Å². The van der Waals surface area contributed by atoms with Gasteiger partial charge in [-0.2, -0.15) is 0 Å². The first-order chi connectivity index (χ1) is 8.29. The molecule has 1 aromatic rings. The fraction of sp³-hybridized carbons (Fsp3) is 0.500. The third kappa shape index (κ3) is 3.30. The van der Waals surface area contributed by atoms with Crippen LogP contribution in [-0.4, -0.2) is 36.5 Å². The van der Waals surface area contributed by atoms with Gasteiger partial charge >= 0.3 is 0 Å². The molecule has 0 bridgehead atoms. The molecule has 1 atom stereocenters. The van der Waals surface area contributed by atoms with Gasteiger partial charge in [-0.05, 0) is 18.5 Å². The molecular weight excluding hydrogens is 212 g/mol. The van der Waals surface area contributed by atoms with Crippen LogP contribution >= 0.6 is 0 Å². The van der Waals surface area contributed by atoms with E-state index in [1.165, 1.54) is 0 Å². The molecule has 0 aliphatic carbocycles. The number of carbonyl (C=O) groups excluding carboxylic acids is 1. The minimum atomic E-state index is 0.247. The van der Waals surface area contributed by atoms with Crippen LogP contribution in [0.4, 0.5) is 0 Å². The van der Waals surface area contributed by atoms with Gasteiger partial charge in [0.05, 0.1) is 6.42 Å². The smallest absolute Gasteiger partial charge is 0.227 e. The highest BCUT2D eigenvalue weighted by Crippen LogP contribution is 2.11. The summed E-state index contributed by atoms with van der Waals surface area (Å²) in [4.78, 5) is 14.0. The molecule has 1 unspecified atom stereocenters. The number of carbonyl (C=O) groups is 1. The minimum Gasteiger partial charge on any atom is -0.341 e. The SMILES string of the molecule is CCNC1CCN(C(=O)Cc2ccccc2)C1. The van der Waals surface area contributed by atoms with Crippen LogP contribution in [0.15, 0.2) is 30.3 Å². The second kappa shape index (κ2) is 5.82. The van der Waals surface area contributed by atoms with Gasteiger partial charge in [-0.15, -0.1) is 0 Å². The molecule has 0 spiro atoms. The minimum absolute atomic E-state index is 0.247. The first-order valence-electron chi connectivity index (χ1n) is 6.34. The van der Waals surface area contributed by atoms with Gasteiger partial charge < -0.3 is 10.2 Å². The molecule has 1 fully saturated rings. The standard InChI is InChI=1S/C14H20N2O/c1-2-15-13-8-9-16(11-13)14(17)10-12-6-4-3-5-7-12/h3-7,13,15H,2,8-11H2,1H3. The lowest BCUT2D eigenvalue weighted by Gasteiger charge is -2.16. The quantitative estimate of drug-likeness (QED) is 0.852. The lowest BCUT2D eigenvalue weighted by Crippen LogP contribution is -2.35. The van der Waals surface area contributed by atoms with Crippen LogP contribution < -0.4 is 5.32 Å². The van der Waals surface area contributed by atoms with Crippen molar-refractivity contribution >= 4 is 5.91 Å². The van der Waals surface area contributed by atoms with Crippen molar-refractivity contribution in [1.29, 1.82) is 0 Å². The van der Waals surface area contributed by atoms with E-state index in [0.29, 0.717) is 12.5 Å². The van der Waals surface area contributed by atoms with Crippen LogP contribution in [0.1, 0.15) is 18.9 Å². The fourth-order valence-electron chi connectivity index (χ4n) is 2.32. The Labute approximate surface area is 103 Å². The maximum atomic E-state index is 12.1. The van der Waals surface area contributed by atoms with Gasteiger partial charge in [-0.3, -0.25) is 4.79 Å². The predicted molar refractivity (Wildman–Crippen MR) is 68.8 cm³/mol. The van der Waals surface area contributed by atoms with Crippen molar-refractivity contribution in [2.75, 3.05) is 19.6 Å². The average Bonchev–Trinajstić information content (AvgIpc) is 2.79. The van der Waals surface area contributed by atoms with Gasteiger partial charge in [0.2, 0.25) is 5.91 Å². The van der Waals surface area contributed by atoms with E-state index in [4.69, 9.17) is 0 Å². The van der Waals surface area contributed by atoms with Crippen molar-refractivity contribution in [3.05, 3.63) is 35.9 Å². The van der Waals surface area contributed by atoms with Gasteiger partial charge in [0.1, 0.15) is 0 Å². The second-order valence-corrected chi connectivity index (χ2v) is 4.55. The molecule has 3 heteroatoms. The van der Waals surface area contributed by atoms with Crippen LogP contribution in [0.2, 0.25) is 0 Å². The van der Waals surface area contributed by atoms with Crippen LogP contribution in [0.3, 0.4) is 0 Å². The molecule has 1 aliphatic heterocycles.